The van der Waals surface area contributed by atoms with Crippen molar-refractivity contribution in [3.63, 3.8) is 0 Å². The zero-order valence-corrected chi connectivity index (χ0v) is 12.7. The highest BCUT2D eigenvalue weighted by atomic mass is 16.5. The molecule has 0 saturated carbocycles. The Bertz CT molecular complexity index is 664. The van der Waals surface area contributed by atoms with E-state index in [1.807, 2.05) is 48.5 Å². The van der Waals surface area contributed by atoms with Gasteiger partial charge in [-0.05, 0) is 41.7 Å². The zero-order chi connectivity index (χ0) is 15.5. The van der Waals surface area contributed by atoms with Crippen LogP contribution in [0.1, 0.15) is 36.0 Å². The summed E-state index contributed by atoms with van der Waals surface area (Å²) in [5.74, 6) is -0.382. The van der Waals surface area contributed by atoms with Gasteiger partial charge in [-0.3, -0.25) is 4.79 Å². The van der Waals surface area contributed by atoms with Gasteiger partial charge in [0.1, 0.15) is 5.75 Å². The van der Waals surface area contributed by atoms with Gasteiger partial charge in [-0.2, -0.15) is 0 Å². The fourth-order valence-corrected chi connectivity index (χ4v) is 3.25. The quantitative estimate of drug-likeness (QED) is 0.911. The summed E-state index contributed by atoms with van der Waals surface area (Å²) < 4.78 is 5.67. The van der Waals surface area contributed by atoms with Crippen molar-refractivity contribution >= 4 is 5.97 Å². The molecule has 1 aliphatic rings. The summed E-state index contributed by atoms with van der Waals surface area (Å²) in [6.07, 6.45) is 1.52. The Balaban J connectivity index is 1.98. The molecule has 3 nitrogen and oxygen atoms in total. The number of aliphatic carboxylic acids is 1. The van der Waals surface area contributed by atoms with Crippen molar-refractivity contribution in [1.82, 2.24) is 0 Å². The molecule has 2 aromatic rings. The first-order valence-electron chi connectivity index (χ1n) is 7.74. The summed E-state index contributed by atoms with van der Waals surface area (Å²) in [5.41, 5.74) is 3.27. The molecule has 3 heteroatoms. The highest BCUT2D eigenvalue weighted by Gasteiger charge is 2.38. The lowest BCUT2D eigenvalue weighted by molar-refractivity contribution is -0.141. The number of carboxylic acids is 1. The van der Waals surface area contributed by atoms with Gasteiger partial charge < -0.3 is 9.84 Å². The molecule has 2 atom stereocenters. The molecule has 0 aliphatic heterocycles. The Hall–Kier alpha value is -2.29. The van der Waals surface area contributed by atoms with Gasteiger partial charge in [0.2, 0.25) is 0 Å². The second-order valence-electron chi connectivity index (χ2n) is 5.75. The lowest BCUT2D eigenvalue weighted by Crippen LogP contribution is -2.19. The fraction of sp³-hybridized carbons (Fsp3) is 0.316. The summed E-state index contributed by atoms with van der Waals surface area (Å²) in [7, 11) is 0. The van der Waals surface area contributed by atoms with Crippen LogP contribution in [0.5, 0.6) is 5.75 Å². The largest absolute Gasteiger partial charge is 0.494 e. The van der Waals surface area contributed by atoms with Gasteiger partial charge in [0.05, 0.1) is 12.5 Å². The standard InChI is InChI=1S/C19H20O3/c1-2-10-22-15-8-9-16-14(11-15)12-17(19(20)21)18(16)13-6-4-3-5-7-13/h3-9,11,17-18H,2,10,12H2,1H3,(H,20,21). The maximum absolute atomic E-state index is 11.7. The normalized spacial score (nSPS) is 19.7. The Morgan fingerprint density at radius 1 is 1.23 bits per heavy atom. The number of benzene rings is 2. The van der Waals surface area contributed by atoms with E-state index in [0.717, 1.165) is 28.9 Å². The maximum Gasteiger partial charge on any atom is 0.307 e. The van der Waals surface area contributed by atoms with Gasteiger partial charge in [-0.15, -0.1) is 0 Å². The minimum absolute atomic E-state index is 0.0751. The average Bonchev–Trinajstić information content (AvgIpc) is 2.92. The molecule has 3 rings (SSSR count). The van der Waals surface area contributed by atoms with Crippen molar-refractivity contribution in [2.24, 2.45) is 5.92 Å². The van der Waals surface area contributed by atoms with Crippen molar-refractivity contribution in [3.05, 3.63) is 65.2 Å². The monoisotopic (exact) mass is 296 g/mol. The highest BCUT2D eigenvalue weighted by molar-refractivity contribution is 5.75. The van der Waals surface area contributed by atoms with Crippen LogP contribution >= 0.6 is 0 Å². The summed E-state index contributed by atoms with van der Waals surface area (Å²) in [6, 6.07) is 15.9. The molecule has 1 aliphatic carbocycles. The van der Waals surface area contributed by atoms with Gasteiger partial charge >= 0.3 is 5.97 Å². The Morgan fingerprint density at radius 2 is 2.00 bits per heavy atom. The smallest absolute Gasteiger partial charge is 0.307 e. The van der Waals surface area contributed by atoms with Gasteiger partial charge in [0, 0.05) is 5.92 Å². The summed E-state index contributed by atoms with van der Waals surface area (Å²) >= 11 is 0. The third-order valence-electron chi connectivity index (χ3n) is 4.24. The highest BCUT2D eigenvalue weighted by Crippen LogP contribution is 2.43. The van der Waals surface area contributed by atoms with Crippen LogP contribution in [-0.4, -0.2) is 17.7 Å². The summed E-state index contributed by atoms with van der Waals surface area (Å²) in [5, 5.41) is 9.60. The molecule has 0 heterocycles. The van der Waals surface area contributed by atoms with Crippen molar-refractivity contribution in [1.29, 1.82) is 0 Å². The molecule has 0 amide bonds. The van der Waals surface area contributed by atoms with Gasteiger partial charge in [0.15, 0.2) is 0 Å². The predicted octanol–water partition coefficient (Wildman–Crippen LogP) is 3.86. The van der Waals surface area contributed by atoms with Gasteiger partial charge in [-0.25, -0.2) is 0 Å². The van der Waals surface area contributed by atoms with Crippen molar-refractivity contribution in [2.45, 2.75) is 25.7 Å². The second-order valence-corrected chi connectivity index (χ2v) is 5.75. The van der Waals surface area contributed by atoms with Crippen LogP contribution in [0.15, 0.2) is 48.5 Å². The van der Waals surface area contributed by atoms with E-state index < -0.39 is 11.9 Å². The maximum atomic E-state index is 11.7. The predicted molar refractivity (Wildman–Crippen MR) is 85.3 cm³/mol. The first kappa shape index (κ1) is 14.6. The zero-order valence-electron chi connectivity index (χ0n) is 12.7. The van der Waals surface area contributed by atoms with E-state index in [1.165, 1.54) is 0 Å². The van der Waals surface area contributed by atoms with Crippen LogP contribution in [0, 0.1) is 5.92 Å². The molecule has 0 fully saturated rings. The van der Waals surface area contributed by atoms with Crippen molar-refractivity contribution in [3.8, 4) is 5.75 Å². The van der Waals surface area contributed by atoms with E-state index in [0.29, 0.717) is 13.0 Å². The number of rotatable bonds is 5. The summed E-state index contributed by atoms with van der Waals surface area (Å²) in [4.78, 5) is 11.7. The second kappa shape index (κ2) is 6.22. The van der Waals surface area contributed by atoms with Crippen LogP contribution in [0.3, 0.4) is 0 Å². The third-order valence-corrected chi connectivity index (χ3v) is 4.24. The molecule has 0 bridgehead atoms. The van der Waals surface area contributed by atoms with E-state index >= 15 is 0 Å². The molecular formula is C19H20O3. The van der Waals surface area contributed by atoms with Gasteiger partial charge in [-0.1, -0.05) is 43.3 Å². The molecule has 114 valence electrons. The van der Waals surface area contributed by atoms with Crippen molar-refractivity contribution < 1.29 is 14.6 Å². The first-order valence-corrected chi connectivity index (χ1v) is 7.74. The minimum atomic E-state index is -0.735. The average molecular weight is 296 g/mol. The first-order chi connectivity index (χ1) is 10.7. The van der Waals surface area contributed by atoms with Crippen LogP contribution in [-0.2, 0) is 11.2 Å². The van der Waals surface area contributed by atoms with Gasteiger partial charge in [0.25, 0.3) is 0 Å². The Kier molecular flexibility index (Phi) is 4.14. The number of ether oxygens (including phenoxy) is 1. The topological polar surface area (TPSA) is 46.5 Å². The number of hydrogen-bond acceptors (Lipinski definition) is 2. The summed E-state index contributed by atoms with van der Waals surface area (Å²) in [6.45, 7) is 2.75. The van der Waals surface area contributed by atoms with E-state index in [9.17, 15) is 9.90 Å². The Morgan fingerprint density at radius 3 is 2.68 bits per heavy atom. The molecule has 0 spiro atoms. The molecule has 22 heavy (non-hydrogen) atoms. The van der Waals surface area contributed by atoms with Crippen molar-refractivity contribution in [2.75, 3.05) is 6.61 Å². The molecule has 0 aromatic heterocycles. The Labute approximate surface area is 130 Å². The number of hydrogen-bond donors (Lipinski definition) is 1. The lowest BCUT2D eigenvalue weighted by Gasteiger charge is -2.17. The minimum Gasteiger partial charge on any atom is -0.494 e. The molecule has 1 N–H and O–H groups in total. The number of carbonyl (C=O) groups is 1. The van der Waals surface area contributed by atoms with Crippen LogP contribution in [0.25, 0.3) is 0 Å². The van der Waals surface area contributed by atoms with Crippen LogP contribution < -0.4 is 4.74 Å². The van der Waals surface area contributed by atoms with E-state index in [-0.39, 0.29) is 5.92 Å². The molecule has 0 saturated heterocycles. The molecular weight excluding hydrogens is 276 g/mol. The van der Waals surface area contributed by atoms with Crippen LogP contribution in [0.4, 0.5) is 0 Å². The molecule has 2 unspecified atom stereocenters. The fourth-order valence-electron chi connectivity index (χ4n) is 3.25. The number of fused-ring (bicyclic) bond motifs is 1. The van der Waals surface area contributed by atoms with E-state index in [2.05, 4.69) is 6.92 Å². The van der Waals surface area contributed by atoms with Crippen LogP contribution in [0.2, 0.25) is 0 Å². The molecule has 0 radical (unpaired) electrons. The van der Waals surface area contributed by atoms with E-state index in [1.54, 1.807) is 0 Å². The van der Waals surface area contributed by atoms with E-state index in [4.69, 9.17) is 4.74 Å². The SMILES string of the molecule is CCCOc1ccc2c(c1)CC(C(=O)O)C2c1ccccc1. The molecule has 2 aromatic carbocycles. The third kappa shape index (κ3) is 2.71. The number of carboxylic acid groups (broad SMARTS) is 1. The lowest BCUT2D eigenvalue weighted by atomic mass is 9.86.